The second kappa shape index (κ2) is 37.4. The Hall–Kier alpha value is -9.57. The number of amides is 8. The lowest BCUT2D eigenvalue weighted by Crippen LogP contribution is -2.46. The molecule has 25 nitrogen and oxygen atoms in total. The molecule has 0 radical (unpaired) electrons. The van der Waals surface area contributed by atoms with E-state index in [1.165, 1.54) is 94.1 Å². The fraction of sp³-hybridized carbons (Fsp3) is 0.393. The fourth-order valence-corrected chi connectivity index (χ4v) is 22.5. The van der Waals surface area contributed by atoms with E-state index in [9.17, 15) is 33.6 Å². The van der Waals surface area contributed by atoms with Crippen molar-refractivity contribution in [3.8, 4) is 22.8 Å². The number of carbonyl (C=O) groups excluding carboxylic acids is 7. The summed E-state index contributed by atoms with van der Waals surface area (Å²) in [7, 11) is 0. The molecule has 0 bridgehead atoms. The summed E-state index contributed by atoms with van der Waals surface area (Å²) in [5.41, 5.74) is 26.7. The number of anilines is 3. The highest BCUT2D eigenvalue weighted by atomic mass is 32.2. The highest BCUT2D eigenvalue weighted by Crippen LogP contribution is 2.47. The van der Waals surface area contributed by atoms with E-state index in [0.29, 0.717) is 71.8 Å². The molecule has 604 valence electrons. The number of aromatic amines is 1. The summed E-state index contributed by atoms with van der Waals surface area (Å²) < 4.78 is 6.27. The molecule has 7 aliphatic rings. The standard InChI is InChI=1S/C24H24N6O2S2.C22H23N5O2S2.C21H21N5O2S2.C17H26N2OS/c1-12(22(32)27-23-19(20(25)31)15-6-4-8-18(15)34-23)33-24-29-28-21(30(24)13-9-10-13)16-11-26-17-7-3-2-5-14(16)17;1-12(20(29)24-21-17(18(23)28)15-8-5-9-16(15)31-21)30-22-26-25-19(13-10-11-13)27(22)14-6-3-2-4-7-14;22-18(28)17-14-7-4-8-15(14)30-20(17)23-16(27)11-29-21-25-24-19(12-9-10-12)26(21)13-5-2-1-3-6-13;1-14-7-5-6-10-16(14)19-17(20)18-11-12-21-13-15-8-3-2-4-9-15/h2-3,5,7,11-13,26H,4,6,8-10H2,1H3,(H2,25,31)(H,27,32);2-4,6-7,12-13H,5,8-11H2,1H3,(H2,23,28)(H,24,29);1-3,5-6,12H,4,7-11H2,(H2,22,28)(H,23,27);2-4,8-9,14,16H,5-7,10-13H2,1H3,(H2,18,19,20). The minimum absolute atomic E-state index is 0.00550. The van der Waals surface area contributed by atoms with E-state index >= 15 is 0 Å². The number of nitrogens with two attached hydrogens (primary N) is 3. The lowest BCUT2D eigenvalue weighted by molar-refractivity contribution is -0.116. The zero-order chi connectivity index (χ0) is 80.5. The molecular formula is C84H94N18O7S7. The van der Waals surface area contributed by atoms with Crippen LogP contribution in [0.1, 0.15) is 202 Å². The second-order valence-electron chi connectivity index (χ2n) is 30.1. The molecule has 7 heterocycles. The third-order valence-corrected chi connectivity index (χ3v) is 29.3. The molecule has 116 heavy (non-hydrogen) atoms. The number of thioether (sulfide) groups is 4. The molecule has 12 N–H and O–H groups in total. The number of nitrogens with one attached hydrogen (secondary N) is 6. The molecule has 4 unspecified atom stereocenters. The number of primary amides is 3. The molecule has 4 aromatic carbocycles. The Morgan fingerprint density at radius 3 is 1.54 bits per heavy atom. The molecule has 0 aliphatic heterocycles. The number of benzene rings is 4. The van der Waals surface area contributed by atoms with Crippen molar-refractivity contribution in [3.63, 3.8) is 0 Å². The first kappa shape index (κ1) is 81.6. The van der Waals surface area contributed by atoms with Crippen LogP contribution in [-0.2, 0) is 58.7 Å². The van der Waals surface area contributed by atoms with Crippen LogP contribution < -0.4 is 43.8 Å². The number of aromatic nitrogens is 10. The van der Waals surface area contributed by atoms with Gasteiger partial charge in [-0.15, -0.1) is 64.6 Å². The lowest BCUT2D eigenvalue weighted by Gasteiger charge is -2.29. The predicted molar refractivity (Wildman–Crippen MR) is 465 cm³/mol. The van der Waals surface area contributed by atoms with Gasteiger partial charge >= 0.3 is 6.03 Å². The van der Waals surface area contributed by atoms with E-state index in [0.717, 1.165) is 203 Å². The summed E-state index contributed by atoms with van der Waals surface area (Å²) in [5.74, 6) is 4.36. The average Bonchev–Trinajstić information content (AvgIpc) is 1.60. The van der Waals surface area contributed by atoms with Gasteiger partial charge in [0.1, 0.15) is 26.7 Å². The van der Waals surface area contributed by atoms with Gasteiger partial charge in [-0.25, -0.2) is 4.79 Å². The summed E-state index contributed by atoms with van der Waals surface area (Å²) in [6, 6.07) is 39.2. The van der Waals surface area contributed by atoms with Crippen molar-refractivity contribution in [3.05, 3.63) is 187 Å². The molecule has 32 heteroatoms. The maximum atomic E-state index is 13.1. The van der Waals surface area contributed by atoms with E-state index < -0.39 is 28.2 Å². The van der Waals surface area contributed by atoms with Crippen LogP contribution in [0, 0.1) is 5.92 Å². The number of H-pyrrole nitrogens is 1. The van der Waals surface area contributed by atoms with Crippen molar-refractivity contribution in [2.24, 2.45) is 23.1 Å². The first-order valence-electron chi connectivity index (χ1n) is 39.8. The van der Waals surface area contributed by atoms with Crippen LogP contribution in [0.2, 0.25) is 0 Å². The SMILES string of the molecule is CC(Sc1nnc(-c2c[nH]c3ccccc23)n1C1CC1)C(=O)Nc1sc2c(c1C(N)=O)CCC2.CC(Sc1nnc(C2CC2)n1-c1ccccc1)C(=O)Nc1sc2c(c1C(N)=O)CCC2.CC1CCCCC1NC(=O)NCCSCc1ccccc1.NC(=O)c1c(NC(=O)CSc2nnc(C3CC3)n2-c2ccccc2)sc2c1CCC2. The summed E-state index contributed by atoms with van der Waals surface area (Å²) in [6.07, 6.45) is 21.9. The van der Waals surface area contributed by atoms with Gasteiger partial charge in [-0.2, -0.15) is 11.8 Å². The molecule has 4 saturated carbocycles. The number of hydrogen-bond acceptors (Lipinski definition) is 20. The number of rotatable bonds is 27. The van der Waals surface area contributed by atoms with Crippen LogP contribution in [-0.4, -0.2) is 125 Å². The zero-order valence-electron chi connectivity index (χ0n) is 64.8. The van der Waals surface area contributed by atoms with Crippen LogP contribution in [0.15, 0.2) is 137 Å². The Morgan fingerprint density at radius 2 is 1.02 bits per heavy atom. The summed E-state index contributed by atoms with van der Waals surface area (Å²) in [6.45, 7) is 6.65. The topological polar surface area (TPSA) is 366 Å². The molecular weight excluding hydrogens is 1600 g/mol. The maximum absolute atomic E-state index is 13.1. The van der Waals surface area contributed by atoms with Gasteiger partial charge in [0.2, 0.25) is 17.7 Å². The Morgan fingerprint density at radius 1 is 0.534 bits per heavy atom. The number of thiophene rings is 3. The molecule has 4 atom stereocenters. The molecule has 4 fully saturated rings. The van der Waals surface area contributed by atoms with Gasteiger partial charge in [-0.3, -0.25) is 42.5 Å². The number of para-hydroxylation sites is 3. The van der Waals surface area contributed by atoms with Crippen molar-refractivity contribution >= 4 is 148 Å². The quantitative estimate of drug-likeness (QED) is 0.0171. The molecule has 7 aromatic heterocycles. The Labute approximate surface area is 701 Å². The normalized spacial score (nSPS) is 16.9. The number of nitrogens with zero attached hydrogens (tertiary/aromatic N) is 9. The predicted octanol–water partition coefficient (Wildman–Crippen LogP) is 15.8. The second-order valence-corrected chi connectivity index (χ2v) is 38.1. The number of aryl methyl sites for hydroxylation is 3. The van der Waals surface area contributed by atoms with Gasteiger partial charge in [0.15, 0.2) is 21.3 Å². The highest BCUT2D eigenvalue weighted by molar-refractivity contribution is 8.00. The molecule has 8 amide bonds. The van der Waals surface area contributed by atoms with Gasteiger partial charge in [0.05, 0.1) is 32.9 Å². The van der Waals surface area contributed by atoms with E-state index in [4.69, 9.17) is 17.2 Å². The van der Waals surface area contributed by atoms with E-state index in [2.05, 4.69) is 109 Å². The average molecular weight is 1690 g/mol. The van der Waals surface area contributed by atoms with Crippen LogP contribution >= 0.6 is 81.1 Å². The Bertz CT molecular complexity index is 5390. The monoisotopic (exact) mass is 1690 g/mol. The number of carbonyl (C=O) groups is 7. The Balaban J connectivity index is 0.000000123. The van der Waals surface area contributed by atoms with E-state index in [1.54, 1.807) is 0 Å². The zero-order valence-corrected chi connectivity index (χ0v) is 70.5. The summed E-state index contributed by atoms with van der Waals surface area (Å²) in [4.78, 5) is 93.4. The highest BCUT2D eigenvalue weighted by Gasteiger charge is 2.37. The van der Waals surface area contributed by atoms with Crippen LogP contribution in [0.3, 0.4) is 0 Å². The van der Waals surface area contributed by atoms with E-state index in [1.807, 2.05) is 121 Å². The van der Waals surface area contributed by atoms with Gasteiger partial charge in [-0.05, 0) is 182 Å². The lowest BCUT2D eigenvalue weighted by atomic mass is 9.86. The third-order valence-electron chi connectivity index (χ3n) is 21.6. The number of hydrogen-bond donors (Lipinski definition) is 9. The minimum Gasteiger partial charge on any atom is -0.365 e. The van der Waals surface area contributed by atoms with Crippen LogP contribution in [0.5, 0.6) is 0 Å². The number of urea groups is 1. The van der Waals surface area contributed by atoms with Crippen molar-refractivity contribution in [1.82, 2.24) is 59.9 Å². The van der Waals surface area contributed by atoms with Crippen LogP contribution in [0.25, 0.3) is 33.7 Å². The summed E-state index contributed by atoms with van der Waals surface area (Å²) >= 11 is 10.4. The van der Waals surface area contributed by atoms with Crippen molar-refractivity contribution in [2.75, 3.05) is 34.0 Å². The van der Waals surface area contributed by atoms with Gasteiger partial charge < -0.3 is 48.8 Å². The third kappa shape index (κ3) is 19.3. The molecule has 7 aliphatic carbocycles. The maximum Gasteiger partial charge on any atom is 0.315 e. The molecule has 0 saturated heterocycles. The largest absolute Gasteiger partial charge is 0.365 e. The minimum atomic E-state index is -0.480. The smallest absolute Gasteiger partial charge is 0.315 e. The molecule has 11 aromatic rings. The van der Waals surface area contributed by atoms with Crippen molar-refractivity contribution in [1.29, 1.82) is 0 Å². The van der Waals surface area contributed by atoms with Gasteiger partial charge in [0.25, 0.3) is 17.7 Å². The fourth-order valence-electron chi connectivity index (χ4n) is 15.2. The van der Waals surface area contributed by atoms with E-state index in [-0.39, 0.29) is 29.5 Å². The first-order chi connectivity index (χ1) is 56.4. The number of fused-ring (bicyclic) bond motifs is 4. The van der Waals surface area contributed by atoms with Crippen molar-refractivity contribution < 1.29 is 33.6 Å². The first-order valence-corrected chi connectivity index (χ1v) is 46.2. The van der Waals surface area contributed by atoms with Crippen molar-refractivity contribution in [2.45, 2.75) is 198 Å². The molecule has 0 spiro atoms. The van der Waals surface area contributed by atoms with Gasteiger partial charge in [0, 0.05) is 90.6 Å². The summed E-state index contributed by atoms with van der Waals surface area (Å²) in [5, 5.41) is 45.5. The molecule has 18 rings (SSSR count). The van der Waals surface area contributed by atoms with Crippen LogP contribution in [0.4, 0.5) is 19.8 Å². The Kier molecular flexibility index (Phi) is 26.3. The van der Waals surface area contributed by atoms with Gasteiger partial charge in [-0.1, -0.05) is 140 Å².